The topological polar surface area (TPSA) is 133 Å². The quantitative estimate of drug-likeness (QED) is 0.391. The number of carbonyl (C=O) groups is 3. The van der Waals surface area contributed by atoms with Gasteiger partial charge in [-0.3, -0.25) is 9.59 Å². The van der Waals surface area contributed by atoms with Crippen LogP contribution in [0.3, 0.4) is 0 Å². The number of rotatable bonds is 9. The first-order valence-electron chi connectivity index (χ1n) is 12.6. The van der Waals surface area contributed by atoms with Crippen molar-refractivity contribution in [2.75, 3.05) is 26.2 Å². The monoisotopic (exact) mass is 573 g/mol. The van der Waals surface area contributed by atoms with Crippen LogP contribution in [0.15, 0.2) is 47.4 Å². The summed E-state index contributed by atoms with van der Waals surface area (Å²) in [4.78, 5) is 36.7. The zero-order valence-electron chi connectivity index (χ0n) is 21.8. The van der Waals surface area contributed by atoms with Crippen LogP contribution in [-0.4, -0.2) is 68.6 Å². The van der Waals surface area contributed by atoms with E-state index in [1.54, 1.807) is 17.0 Å². The fourth-order valence-electron chi connectivity index (χ4n) is 4.29. The van der Waals surface area contributed by atoms with Crippen LogP contribution in [0.4, 0.5) is 13.2 Å². The summed E-state index contributed by atoms with van der Waals surface area (Å²) in [5.41, 5.74) is 0. The zero-order chi connectivity index (χ0) is 29.2. The normalized spacial score (nSPS) is 15.1. The molecule has 1 fully saturated rings. The van der Waals surface area contributed by atoms with Gasteiger partial charge in [-0.1, -0.05) is 30.3 Å². The lowest BCUT2D eigenvalue weighted by Crippen LogP contribution is -2.45. The third kappa shape index (κ3) is 9.50. The summed E-state index contributed by atoms with van der Waals surface area (Å²) < 4.78 is 59.8. The first-order valence-corrected chi connectivity index (χ1v) is 14.1. The van der Waals surface area contributed by atoms with Gasteiger partial charge in [-0.05, 0) is 81.4 Å². The third-order valence-electron chi connectivity index (χ3n) is 6.52. The van der Waals surface area contributed by atoms with E-state index in [0.29, 0.717) is 25.4 Å². The van der Waals surface area contributed by atoms with Crippen LogP contribution in [0, 0.1) is 11.8 Å². The summed E-state index contributed by atoms with van der Waals surface area (Å²) >= 11 is 0. The second kappa shape index (κ2) is 14.3. The van der Waals surface area contributed by atoms with Crippen LogP contribution >= 0.6 is 0 Å². The minimum Gasteiger partial charge on any atom is -0.475 e. The summed E-state index contributed by atoms with van der Waals surface area (Å²) in [6.07, 6.45) is -2.01. The van der Waals surface area contributed by atoms with Gasteiger partial charge in [0.25, 0.3) is 10.0 Å². The van der Waals surface area contributed by atoms with Crippen LogP contribution in [-0.2, 0) is 24.4 Å². The van der Waals surface area contributed by atoms with Crippen molar-refractivity contribution in [2.24, 2.45) is 11.8 Å². The van der Waals surface area contributed by atoms with Crippen molar-refractivity contribution in [3.05, 3.63) is 42.5 Å². The Balaban J connectivity index is 0.000000673. The number of alkyl halides is 3. The molecule has 1 atom stereocenters. The average Bonchev–Trinajstić information content (AvgIpc) is 2.89. The molecule has 216 valence electrons. The number of hydrogen-bond donors (Lipinski definition) is 3. The maximum absolute atomic E-state index is 13.1. The molecule has 1 aliphatic rings. The highest BCUT2D eigenvalue weighted by molar-refractivity contribution is 7.90. The molecule has 39 heavy (non-hydrogen) atoms. The van der Waals surface area contributed by atoms with Crippen LogP contribution in [0.2, 0.25) is 0 Å². The van der Waals surface area contributed by atoms with E-state index in [2.05, 4.69) is 10.0 Å². The van der Waals surface area contributed by atoms with Crippen molar-refractivity contribution < 1.29 is 41.1 Å². The SMILES string of the molecule is CCN(CC)C(=O)C(CCC1CCNCC1)C(=O)NS(=O)(=O)c1ccc2ccccc2c1.O=C(O)C(F)(F)F. The van der Waals surface area contributed by atoms with E-state index in [1.165, 1.54) is 6.07 Å². The molecule has 2 aromatic carbocycles. The zero-order valence-corrected chi connectivity index (χ0v) is 22.6. The van der Waals surface area contributed by atoms with E-state index in [-0.39, 0.29) is 10.8 Å². The summed E-state index contributed by atoms with van der Waals surface area (Å²) in [7, 11) is -4.09. The van der Waals surface area contributed by atoms with E-state index in [1.807, 2.05) is 38.1 Å². The second-order valence-corrected chi connectivity index (χ2v) is 10.8. The highest BCUT2D eigenvalue weighted by Crippen LogP contribution is 2.24. The van der Waals surface area contributed by atoms with Gasteiger partial charge in [0, 0.05) is 13.1 Å². The first kappa shape index (κ1) is 32.0. The smallest absolute Gasteiger partial charge is 0.475 e. The fraction of sp³-hybridized carbons (Fsp3) is 0.500. The summed E-state index contributed by atoms with van der Waals surface area (Å²) in [6, 6.07) is 12.2. The van der Waals surface area contributed by atoms with Gasteiger partial charge in [-0.2, -0.15) is 13.2 Å². The Morgan fingerprint density at radius 3 is 2.15 bits per heavy atom. The molecule has 1 aliphatic heterocycles. The molecule has 0 saturated carbocycles. The number of amides is 2. The molecule has 0 radical (unpaired) electrons. The highest BCUT2D eigenvalue weighted by atomic mass is 32.2. The predicted molar refractivity (Wildman–Crippen MR) is 139 cm³/mol. The molecule has 2 amide bonds. The Morgan fingerprint density at radius 1 is 1.05 bits per heavy atom. The number of carbonyl (C=O) groups excluding carboxylic acids is 2. The number of piperidine rings is 1. The van der Waals surface area contributed by atoms with Gasteiger partial charge in [0.1, 0.15) is 5.92 Å². The lowest BCUT2D eigenvalue weighted by Gasteiger charge is -2.27. The largest absolute Gasteiger partial charge is 0.490 e. The third-order valence-corrected chi connectivity index (χ3v) is 7.87. The van der Waals surface area contributed by atoms with Gasteiger partial charge in [0.15, 0.2) is 0 Å². The lowest BCUT2D eigenvalue weighted by atomic mass is 9.88. The molecule has 1 unspecified atom stereocenters. The van der Waals surface area contributed by atoms with Crippen LogP contribution in [0.25, 0.3) is 10.8 Å². The molecule has 13 heteroatoms. The molecule has 3 rings (SSSR count). The second-order valence-electron chi connectivity index (χ2n) is 9.12. The molecule has 9 nitrogen and oxygen atoms in total. The van der Waals surface area contributed by atoms with E-state index >= 15 is 0 Å². The summed E-state index contributed by atoms with van der Waals surface area (Å²) in [6.45, 7) is 6.53. The molecule has 0 spiro atoms. The number of carboxylic acids is 1. The van der Waals surface area contributed by atoms with Crippen molar-refractivity contribution in [1.29, 1.82) is 0 Å². The maximum atomic E-state index is 13.1. The Morgan fingerprint density at radius 2 is 1.62 bits per heavy atom. The van der Waals surface area contributed by atoms with Gasteiger partial charge in [0.05, 0.1) is 4.90 Å². The van der Waals surface area contributed by atoms with Gasteiger partial charge in [-0.15, -0.1) is 0 Å². The fourth-order valence-corrected chi connectivity index (χ4v) is 5.35. The number of halogens is 3. The van der Waals surface area contributed by atoms with E-state index in [0.717, 1.165) is 43.1 Å². The Kier molecular flexibility index (Phi) is 11.7. The van der Waals surface area contributed by atoms with Gasteiger partial charge < -0.3 is 15.3 Å². The number of benzene rings is 2. The molecule has 1 saturated heterocycles. The minimum absolute atomic E-state index is 0.0111. The number of sulfonamides is 1. The van der Waals surface area contributed by atoms with Crippen molar-refractivity contribution in [2.45, 2.75) is 50.6 Å². The van der Waals surface area contributed by atoms with Gasteiger partial charge >= 0.3 is 12.1 Å². The molecule has 3 N–H and O–H groups in total. The summed E-state index contributed by atoms with van der Waals surface area (Å²) in [5.74, 6) is -4.39. The van der Waals surface area contributed by atoms with E-state index in [4.69, 9.17) is 9.90 Å². The van der Waals surface area contributed by atoms with Gasteiger partial charge in [0.2, 0.25) is 11.8 Å². The Labute approximate surface area is 225 Å². The van der Waals surface area contributed by atoms with Crippen molar-refractivity contribution in [3.8, 4) is 0 Å². The summed E-state index contributed by atoms with van der Waals surface area (Å²) in [5, 5.41) is 12.1. The number of fused-ring (bicyclic) bond motifs is 1. The van der Waals surface area contributed by atoms with Crippen molar-refractivity contribution >= 4 is 38.6 Å². The van der Waals surface area contributed by atoms with Crippen molar-refractivity contribution in [1.82, 2.24) is 14.9 Å². The Bertz CT molecular complexity index is 1240. The molecular formula is C26H34F3N3O6S. The number of carboxylic acid groups (broad SMARTS) is 1. The molecule has 0 aliphatic carbocycles. The molecule has 0 aromatic heterocycles. The predicted octanol–water partition coefficient (Wildman–Crippen LogP) is 3.54. The van der Waals surface area contributed by atoms with E-state index in [9.17, 15) is 31.2 Å². The molecular weight excluding hydrogens is 539 g/mol. The number of hydrogen-bond acceptors (Lipinski definition) is 6. The minimum atomic E-state index is -5.08. The number of nitrogens with zero attached hydrogens (tertiary/aromatic N) is 1. The lowest BCUT2D eigenvalue weighted by molar-refractivity contribution is -0.192. The van der Waals surface area contributed by atoms with E-state index < -0.39 is 34.0 Å². The molecule has 1 heterocycles. The highest BCUT2D eigenvalue weighted by Gasteiger charge is 2.38. The van der Waals surface area contributed by atoms with Gasteiger partial charge in [-0.25, -0.2) is 17.9 Å². The van der Waals surface area contributed by atoms with Crippen LogP contribution in [0.1, 0.15) is 39.5 Å². The first-order chi connectivity index (χ1) is 18.3. The molecule has 2 aromatic rings. The maximum Gasteiger partial charge on any atom is 0.490 e. The van der Waals surface area contributed by atoms with Crippen LogP contribution in [0.5, 0.6) is 0 Å². The Hall–Kier alpha value is -3.19. The standard InChI is InChI=1S/C24H33N3O4S.C2HF3O2/c1-3-27(4-2)24(29)22(12-9-18-13-15-25-16-14-18)23(28)26-32(30,31)21-11-10-19-7-5-6-8-20(19)17-21;3-2(4,5)1(6)7/h5-8,10-11,17-18,22,25H,3-4,9,12-16H2,1-2H3,(H,26,28);(H,6,7). The number of nitrogens with one attached hydrogen (secondary N) is 2. The van der Waals surface area contributed by atoms with Crippen molar-refractivity contribution in [3.63, 3.8) is 0 Å². The number of aliphatic carboxylic acids is 1. The molecule has 0 bridgehead atoms. The van der Waals surface area contributed by atoms with Crippen LogP contribution < -0.4 is 10.0 Å². The average molecular weight is 574 g/mol.